The SMILES string of the molecule is CC.CC.CSc1cc(C)c(C(=O)NC23C(=O)c4c(N)cccc4C2(O)Oc2cc(C4CC4C)ccc23)[nH]1. The fourth-order valence-electron chi connectivity index (χ4n) is 5.51. The van der Waals surface area contributed by atoms with E-state index in [1.54, 1.807) is 24.3 Å². The number of hydrogen-bond donors (Lipinski definition) is 4. The van der Waals surface area contributed by atoms with Gasteiger partial charge in [0.25, 0.3) is 11.7 Å². The number of thioether (sulfide) groups is 1. The molecule has 3 aliphatic rings. The van der Waals surface area contributed by atoms with Crippen molar-refractivity contribution in [3.8, 4) is 5.75 Å². The second kappa shape index (κ2) is 10.2. The third-order valence-electron chi connectivity index (χ3n) is 7.48. The van der Waals surface area contributed by atoms with E-state index in [1.807, 2.05) is 59.1 Å². The van der Waals surface area contributed by atoms with Crippen LogP contribution in [0.3, 0.4) is 0 Å². The molecule has 0 spiro atoms. The summed E-state index contributed by atoms with van der Waals surface area (Å²) in [4.78, 5) is 30.7. The molecule has 1 saturated carbocycles. The molecule has 4 unspecified atom stereocenters. The molecule has 0 saturated heterocycles. The van der Waals surface area contributed by atoms with Crippen molar-refractivity contribution >= 4 is 29.1 Å². The number of anilines is 1. The number of aliphatic hydroxyl groups is 1. The summed E-state index contributed by atoms with van der Waals surface area (Å²) in [6, 6.07) is 12.4. The average Bonchev–Trinajstić information content (AvgIpc) is 3.37. The van der Waals surface area contributed by atoms with Crippen LogP contribution in [0.25, 0.3) is 0 Å². The van der Waals surface area contributed by atoms with Crippen molar-refractivity contribution in [2.24, 2.45) is 5.92 Å². The first kappa shape index (κ1) is 27.8. The molecule has 2 aliphatic carbocycles. The summed E-state index contributed by atoms with van der Waals surface area (Å²) in [6.07, 6.45) is 3.00. The largest absolute Gasteiger partial charge is 0.454 e. The number of ether oxygens (including phenoxy) is 1. The lowest BCUT2D eigenvalue weighted by atomic mass is 9.82. The van der Waals surface area contributed by atoms with Crippen molar-refractivity contribution in [2.75, 3.05) is 12.0 Å². The molecule has 1 aliphatic heterocycles. The molecule has 2 aromatic carbocycles. The molecule has 2 heterocycles. The van der Waals surface area contributed by atoms with Gasteiger partial charge in [-0.25, -0.2) is 0 Å². The van der Waals surface area contributed by atoms with Crippen LogP contribution >= 0.6 is 11.8 Å². The Hall–Kier alpha value is -3.23. The zero-order valence-electron chi connectivity index (χ0n) is 23.1. The molecule has 1 amide bonds. The summed E-state index contributed by atoms with van der Waals surface area (Å²) >= 11 is 1.48. The van der Waals surface area contributed by atoms with Gasteiger partial charge in [0, 0.05) is 16.8 Å². The Labute approximate surface area is 228 Å². The molecular formula is C30H37N3O4S. The number of carbonyl (C=O) groups is 2. The van der Waals surface area contributed by atoms with Gasteiger partial charge in [0.05, 0.1) is 10.6 Å². The molecule has 0 bridgehead atoms. The van der Waals surface area contributed by atoms with Crippen LogP contribution in [0.15, 0.2) is 47.5 Å². The van der Waals surface area contributed by atoms with Crippen molar-refractivity contribution in [3.05, 3.63) is 76.0 Å². The molecule has 38 heavy (non-hydrogen) atoms. The van der Waals surface area contributed by atoms with Crippen molar-refractivity contribution in [2.45, 2.75) is 70.2 Å². The Morgan fingerprint density at radius 2 is 1.84 bits per heavy atom. The number of benzene rings is 2. The first-order chi connectivity index (χ1) is 18.2. The molecule has 8 heteroatoms. The smallest absolute Gasteiger partial charge is 0.271 e. The number of H-pyrrole nitrogens is 1. The van der Waals surface area contributed by atoms with Crippen LogP contribution in [0.2, 0.25) is 0 Å². The summed E-state index contributed by atoms with van der Waals surface area (Å²) < 4.78 is 6.17. The standard InChI is InChI=1S/C26H25N3O4S.2C2H6/c1-12-9-15(12)14-7-8-16-19(11-14)33-26(32)17-5-4-6-18(27)21(17)23(30)25(16,26)29-24(31)22-13(2)10-20(28-22)34-3;2*1-2/h4-8,10-12,15,28,32H,9,27H2,1-3H3,(H,29,31);2*1-2H3. The quantitative estimate of drug-likeness (QED) is 0.245. The highest BCUT2D eigenvalue weighted by atomic mass is 32.2. The summed E-state index contributed by atoms with van der Waals surface area (Å²) in [5, 5.41) is 15.7. The van der Waals surface area contributed by atoms with E-state index in [1.165, 1.54) is 11.8 Å². The lowest BCUT2D eigenvalue weighted by Crippen LogP contribution is -2.60. The number of nitrogens with one attached hydrogen (secondary N) is 2. The van der Waals surface area contributed by atoms with Crippen LogP contribution in [-0.4, -0.2) is 28.0 Å². The normalized spacial score (nSPS) is 25.5. The number of rotatable bonds is 4. The van der Waals surface area contributed by atoms with Crippen LogP contribution in [-0.2, 0) is 11.3 Å². The lowest BCUT2D eigenvalue weighted by molar-refractivity contribution is -0.169. The maximum absolute atomic E-state index is 14.0. The molecule has 1 aromatic heterocycles. The van der Waals surface area contributed by atoms with Gasteiger partial charge < -0.3 is 25.9 Å². The van der Waals surface area contributed by atoms with Crippen LogP contribution in [0.4, 0.5) is 5.69 Å². The van der Waals surface area contributed by atoms with E-state index in [4.69, 9.17) is 10.5 Å². The van der Waals surface area contributed by atoms with E-state index in [0.29, 0.717) is 28.8 Å². The summed E-state index contributed by atoms with van der Waals surface area (Å²) in [6.45, 7) is 12.0. The molecule has 202 valence electrons. The monoisotopic (exact) mass is 535 g/mol. The zero-order valence-corrected chi connectivity index (χ0v) is 23.9. The van der Waals surface area contributed by atoms with Crippen molar-refractivity contribution < 1.29 is 19.4 Å². The molecule has 0 radical (unpaired) electrons. The van der Waals surface area contributed by atoms with E-state index < -0.39 is 23.0 Å². The molecule has 5 N–H and O–H groups in total. The summed E-state index contributed by atoms with van der Waals surface area (Å²) in [5.41, 5.74) is 7.55. The summed E-state index contributed by atoms with van der Waals surface area (Å²) in [7, 11) is 0. The topological polar surface area (TPSA) is 117 Å². The number of fused-ring (bicyclic) bond motifs is 5. The number of nitrogens with two attached hydrogens (primary N) is 1. The predicted octanol–water partition coefficient (Wildman–Crippen LogP) is 5.86. The maximum atomic E-state index is 14.0. The third-order valence-corrected chi connectivity index (χ3v) is 8.14. The number of carbonyl (C=O) groups excluding carboxylic acids is 2. The Morgan fingerprint density at radius 1 is 1.16 bits per heavy atom. The average molecular weight is 536 g/mol. The fourth-order valence-corrected chi connectivity index (χ4v) is 6.01. The Kier molecular flexibility index (Phi) is 7.43. The van der Waals surface area contributed by atoms with Gasteiger partial charge in [-0.2, -0.15) is 0 Å². The predicted molar refractivity (Wildman–Crippen MR) is 152 cm³/mol. The van der Waals surface area contributed by atoms with Gasteiger partial charge in [-0.15, -0.1) is 11.8 Å². The Morgan fingerprint density at radius 3 is 2.45 bits per heavy atom. The molecule has 4 atom stereocenters. The fraction of sp³-hybridized carbons (Fsp3) is 0.400. The summed E-state index contributed by atoms with van der Waals surface area (Å²) in [5.74, 6) is -1.71. The minimum absolute atomic E-state index is 0.170. The van der Waals surface area contributed by atoms with Crippen LogP contribution in [0.5, 0.6) is 5.75 Å². The minimum atomic E-state index is -2.12. The number of aromatic nitrogens is 1. The van der Waals surface area contributed by atoms with Crippen molar-refractivity contribution in [3.63, 3.8) is 0 Å². The van der Waals surface area contributed by atoms with E-state index in [-0.39, 0.29) is 16.8 Å². The minimum Gasteiger partial charge on any atom is -0.454 e. The highest BCUT2D eigenvalue weighted by Gasteiger charge is 2.72. The van der Waals surface area contributed by atoms with Crippen LogP contribution < -0.4 is 15.8 Å². The Balaban J connectivity index is 0.000000804. The molecule has 6 rings (SSSR count). The number of nitrogen functional groups attached to an aromatic ring is 1. The van der Waals surface area contributed by atoms with Gasteiger partial charge >= 0.3 is 0 Å². The van der Waals surface area contributed by atoms with Gasteiger partial charge in [0.1, 0.15) is 11.4 Å². The van der Waals surface area contributed by atoms with E-state index in [0.717, 1.165) is 22.6 Å². The highest BCUT2D eigenvalue weighted by Crippen LogP contribution is 2.60. The number of aryl methyl sites for hydroxylation is 1. The number of aromatic amines is 1. The second-order valence-corrected chi connectivity index (χ2v) is 10.4. The molecular weight excluding hydrogens is 498 g/mol. The number of ketones is 1. The van der Waals surface area contributed by atoms with Gasteiger partial charge in [0.15, 0.2) is 0 Å². The van der Waals surface area contributed by atoms with Crippen molar-refractivity contribution in [1.82, 2.24) is 10.3 Å². The van der Waals surface area contributed by atoms with Gasteiger partial charge in [0.2, 0.25) is 11.3 Å². The molecule has 1 fully saturated rings. The van der Waals surface area contributed by atoms with E-state index >= 15 is 0 Å². The highest BCUT2D eigenvalue weighted by molar-refractivity contribution is 7.98. The van der Waals surface area contributed by atoms with E-state index in [9.17, 15) is 14.7 Å². The Bertz CT molecular complexity index is 1400. The lowest BCUT2D eigenvalue weighted by Gasteiger charge is -2.34. The molecule has 7 nitrogen and oxygen atoms in total. The van der Waals surface area contributed by atoms with Crippen molar-refractivity contribution in [1.29, 1.82) is 0 Å². The number of Topliss-reactive ketones (excluding diaryl/α,β-unsaturated/α-hetero) is 1. The van der Waals surface area contributed by atoms with Crippen LogP contribution in [0.1, 0.15) is 90.1 Å². The first-order valence-electron chi connectivity index (χ1n) is 13.3. The third kappa shape index (κ3) is 3.84. The van der Waals surface area contributed by atoms with Gasteiger partial charge in [-0.05, 0) is 60.8 Å². The number of amides is 1. The first-order valence-corrected chi connectivity index (χ1v) is 14.5. The zero-order chi connectivity index (χ0) is 28.0. The maximum Gasteiger partial charge on any atom is 0.271 e. The van der Waals surface area contributed by atoms with E-state index in [2.05, 4.69) is 17.2 Å². The van der Waals surface area contributed by atoms with Gasteiger partial charge in [-0.3, -0.25) is 9.59 Å². The van der Waals surface area contributed by atoms with Gasteiger partial charge in [-0.1, -0.05) is 58.9 Å². The number of hydrogen-bond acceptors (Lipinski definition) is 6. The second-order valence-electron chi connectivity index (χ2n) is 9.52. The van der Waals surface area contributed by atoms with Crippen LogP contribution in [0, 0.1) is 12.8 Å². The molecule has 3 aromatic rings.